The van der Waals surface area contributed by atoms with Crippen molar-refractivity contribution in [1.29, 1.82) is 0 Å². The maximum absolute atomic E-state index is 12.6. The Bertz CT molecular complexity index is 660. The number of rotatable bonds is 9. The number of hydrogen-bond donors (Lipinski definition) is 2. The first kappa shape index (κ1) is 22.1. The molecule has 1 aromatic heterocycles. The number of alkyl carbamates (subject to hydrolysis) is 1. The summed E-state index contributed by atoms with van der Waals surface area (Å²) in [5.74, 6) is -1.29. The van der Waals surface area contributed by atoms with E-state index in [1.54, 1.807) is 34.6 Å². The Morgan fingerprint density at radius 3 is 2.35 bits per heavy atom. The fourth-order valence-electron chi connectivity index (χ4n) is 1.83. The Morgan fingerprint density at radius 1 is 1.31 bits per heavy atom. The molecule has 1 rings (SSSR count). The second-order valence-electron chi connectivity index (χ2n) is 6.17. The second kappa shape index (κ2) is 9.11. The number of ether oxygens (including phenoxy) is 1. The molecule has 2 N–H and O–H groups in total. The van der Waals surface area contributed by atoms with E-state index in [-0.39, 0.29) is 25.2 Å². The smallest absolute Gasteiger partial charge is 0.408 e. The van der Waals surface area contributed by atoms with Gasteiger partial charge in [0.1, 0.15) is 11.6 Å². The summed E-state index contributed by atoms with van der Waals surface area (Å²) in [4.78, 5) is 23.1. The molecule has 1 heterocycles. The highest BCUT2D eigenvalue weighted by atomic mass is 31.2. The van der Waals surface area contributed by atoms with Gasteiger partial charge >= 0.3 is 19.7 Å². The van der Waals surface area contributed by atoms with E-state index in [1.807, 2.05) is 0 Å². The summed E-state index contributed by atoms with van der Waals surface area (Å²) in [7, 11) is -3.63. The van der Waals surface area contributed by atoms with E-state index in [1.165, 1.54) is 6.20 Å². The second-order valence-corrected chi connectivity index (χ2v) is 8.14. The zero-order chi connectivity index (χ0) is 20.0. The number of carboxylic acids is 1. The number of hydrogen-bond acceptors (Lipinski definition) is 8. The highest BCUT2D eigenvalue weighted by molar-refractivity contribution is 7.61. The van der Waals surface area contributed by atoms with Gasteiger partial charge in [0, 0.05) is 0 Å². The lowest BCUT2D eigenvalue weighted by Crippen LogP contribution is -2.45. The molecule has 12 heteroatoms. The standard InChI is InChI=1S/C14H25N4O7P/c1-6-23-26(22,24-7-2)11-9-18(17-16-11)8-10(12(19)20)15-13(21)25-14(3,4)5/h9-10H,6-8H2,1-5H3,(H,15,21)(H,19,20)/t10-/m0/s1. The molecule has 0 bridgehead atoms. The predicted molar refractivity (Wildman–Crippen MR) is 91.3 cm³/mol. The van der Waals surface area contributed by atoms with Crippen LogP contribution >= 0.6 is 7.60 Å². The van der Waals surface area contributed by atoms with Crippen LogP contribution in [0.4, 0.5) is 4.79 Å². The lowest BCUT2D eigenvalue weighted by atomic mass is 10.2. The van der Waals surface area contributed by atoms with Crippen LogP contribution in [0.25, 0.3) is 0 Å². The first-order valence-corrected chi connectivity index (χ1v) is 9.57. The SMILES string of the molecule is CCOP(=O)(OCC)c1cn(C[C@H](NC(=O)OC(C)(C)C)C(=O)O)nn1. The molecular formula is C14H25N4O7P. The highest BCUT2D eigenvalue weighted by Crippen LogP contribution is 2.45. The Labute approximate surface area is 151 Å². The molecule has 0 unspecified atom stereocenters. The molecule has 0 spiro atoms. The monoisotopic (exact) mass is 392 g/mol. The lowest BCUT2D eigenvalue weighted by molar-refractivity contribution is -0.139. The third-order valence-corrected chi connectivity index (χ3v) is 4.73. The maximum atomic E-state index is 12.6. The molecule has 26 heavy (non-hydrogen) atoms. The minimum absolute atomic E-state index is 0.0393. The van der Waals surface area contributed by atoms with Gasteiger partial charge < -0.3 is 24.2 Å². The van der Waals surface area contributed by atoms with E-state index in [0.29, 0.717) is 0 Å². The van der Waals surface area contributed by atoms with Gasteiger partial charge in [0.2, 0.25) is 0 Å². The summed E-state index contributed by atoms with van der Waals surface area (Å²) >= 11 is 0. The summed E-state index contributed by atoms with van der Waals surface area (Å²) < 4.78 is 29.1. The van der Waals surface area contributed by atoms with Crippen LogP contribution in [0.3, 0.4) is 0 Å². The van der Waals surface area contributed by atoms with Crippen molar-refractivity contribution in [3.8, 4) is 0 Å². The predicted octanol–water partition coefficient (Wildman–Crippen LogP) is 1.15. The van der Waals surface area contributed by atoms with Crippen molar-refractivity contribution in [3.05, 3.63) is 6.20 Å². The number of carbonyl (C=O) groups is 2. The highest BCUT2D eigenvalue weighted by Gasteiger charge is 2.31. The normalized spacial score (nSPS) is 13.3. The molecule has 1 aromatic rings. The number of aliphatic carboxylic acids is 1. The van der Waals surface area contributed by atoms with Gasteiger partial charge in [-0.05, 0) is 34.6 Å². The molecular weight excluding hydrogens is 367 g/mol. The molecule has 11 nitrogen and oxygen atoms in total. The van der Waals surface area contributed by atoms with E-state index in [0.717, 1.165) is 4.68 Å². The van der Waals surface area contributed by atoms with E-state index in [9.17, 15) is 19.3 Å². The molecule has 148 valence electrons. The van der Waals surface area contributed by atoms with Crippen molar-refractivity contribution in [3.63, 3.8) is 0 Å². The van der Waals surface area contributed by atoms with E-state index in [2.05, 4.69) is 15.6 Å². The summed E-state index contributed by atoms with van der Waals surface area (Å²) in [6, 6.07) is -1.32. The molecule has 0 radical (unpaired) electrons. The van der Waals surface area contributed by atoms with Crippen molar-refractivity contribution >= 4 is 25.1 Å². The van der Waals surface area contributed by atoms with Crippen molar-refractivity contribution < 1.29 is 33.0 Å². The van der Waals surface area contributed by atoms with Gasteiger partial charge in [0.25, 0.3) is 0 Å². The third-order valence-electron chi connectivity index (χ3n) is 2.76. The number of amides is 1. The quantitative estimate of drug-likeness (QED) is 0.592. The first-order valence-electron chi connectivity index (χ1n) is 8.03. The summed E-state index contributed by atoms with van der Waals surface area (Å²) in [6.07, 6.45) is 0.387. The van der Waals surface area contributed by atoms with Gasteiger partial charge in [-0.25, -0.2) is 14.3 Å². The summed E-state index contributed by atoms with van der Waals surface area (Å²) in [5.41, 5.74) is -0.808. The minimum Gasteiger partial charge on any atom is -0.480 e. The van der Waals surface area contributed by atoms with Crippen LogP contribution in [0.2, 0.25) is 0 Å². The molecule has 0 saturated heterocycles. The van der Waals surface area contributed by atoms with Crippen LogP contribution in [0, 0.1) is 0 Å². The molecule has 0 aromatic carbocycles. The van der Waals surface area contributed by atoms with Gasteiger partial charge in [-0.1, -0.05) is 5.21 Å². The van der Waals surface area contributed by atoms with Crippen molar-refractivity contribution in [2.45, 2.75) is 52.8 Å². The van der Waals surface area contributed by atoms with Crippen LogP contribution in [-0.4, -0.2) is 57.0 Å². The Kier molecular flexibility index (Phi) is 7.73. The average molecular weight is 392 g/mol. The molecule has 0 aliphatic carbocycles. The number of nitrogens with zero attached hydrogens (tertiary/aromatic N) is 3. The Morgan fingerprint density at radius 2 is 1.88 bits per heavy atom. The van der Waals surface area contributed by atoms with Crippen LogP contribution in [-0.2, 0) is 29.7 Å². The van der Waals surface area contributed by atoms with Gasteiger partial charge in [-0.3, -0.25) is 4.57 Å². The van der Waals surface area contributed by atoms with Crippen molar-refractivity contribution in [2.75, 3.05) is 13.2 Å². The molecule has 1 atom stereocenters. The first-order chi connectivity index (χ1) is 12.0. The van der Waals surface area contributed by atoms with Gasteiger partial charge in [0.15, 0.2) is 5.44 Å². The lowest BCUT2D eigenvalue weighted by Gasteiger charge is -2.21. The van der Waals surface area contributed by atoms with Crippen molar-refractivity contribution in [2.24, 2.45) is 0 Å². The molecule has 0 aliphatic rings. The molecule has 0 aliphatic heterocycles. The van der Waals surface area contributed by atoms with E-state index < -0.39 is 31.3 Å². The van der Waals surface area contributed by atoms with Gasteiger partial charge in [-0.15, -0.1) is 5.10 Å². The number of aromatic nitrogens is 3. The Hall–Kier alpha value is -1.97. The average Bonchev–Trinajstić information content (AvgIpc) is 2.94. The zero-order valence-electron chi connectivity index (χ0n) is 15.5. The number of nitrogens with one attached hydrogen (secondary N) is 1. The number of carboxylic acid groups (broad SMARTS) is 1. The summed E-state index contributed by atoms with van der Waals surface area (Å²) in [6.45, 7) is 8.31. The zero-order valence-corrected chi connectivity index (χ0v) is 16.4. The maximum Gasteiger partial charge on any atom is 0.408 e. The molecule has 1 amide bonds. The van der Waals surface area contributed by atoms with Gasteiger partial charge in [-0.2, -0.15) is 0 Å². The third kappa shape index (κ3) is 6.74. The largest absolute Gasteiger partial charge is 0.480 e. The fourth-order valence-corrected chi connectivity index (χ4v) is 3.28. The summed E-state index contributed by atoms with van der Waals surface area (Å²) in [5, 5.41) is 19.0. The van der Waals surface area contributed by atoms with Crippen LogP contribution in [0.15, 0.2) is 6.20 Å². The van der Waals surface area contributed by atoms with Crippen LogP contribution < -0.4 is 10.8 Å². The van der Waals surface area contributed by atoms with Crippen LogP contribution in [0.1, 0.15) is 34.6 Å². The Balaban J connectivity index is 2.88. The molecule has 0 saturated carbocycles. The number of carbonyl (C=O) groups excluding carboxylic acids is 1. The minimum atomic E-state index is -3.63. The van der Waals surface area contributed by atoms with E-state index >= 15 is 0 Å². The topological polar surface area (TPSA) is 142 Å². The van der Waals surface area contributed by atoms with Crippen LogP contribution in [0.5, 0.6) is 0 Å². The molecule has 0 fully saturated rings. The van der Waals surface area contributed by atoms with Gasteiger partial charge in [0.05, 0.1) is 26.0 Å². The fraction of sp³-hybridized carbons (Fsp3) is 0.714. The van der Waals surface area contributed by atoms with E-state index in [4.69, 9.17) is 13.8 Å². The van der Waals surface area contributed by atoms with Crippen molar-refractivity contribution in [1.82, 2.24) is 20.3 Å².